The SMILES string of the molecule is OC1CCCC(Oc2ccccc2-c2ccccc2)C1. The zero-order valence-electron chi connectivity index (χ0n) is 11.5. The molecule has 0 spiro atoms. The summed E-state index contributed by atoms with van der Waals surface area (Å²) in [5.41, 5.74) is 2.28. The summed E-state index contributed by atoms with van der Waals surface area (Å²) in [6.45, 7) is 0. The van der Waals surface area contributed by atoms with Crippen molar-refractivity contribution in [2.24, 2.45) is 0 Å². The van der Waals surface area contributed by atoms with Gasteiger partial charge in [0.1, 0.15) is 11.9 Å². The zero-order valence-corrected chi connectivity index (χ0v) is 11.5. The number of aliphatic hydroxyl groups is 1. The van der Waals surface area contributed by atoms with Crippen LogP contribution in [0.5, 0.6) is 5.75 Å². The summed E-state index contributed by atoms with van der Waals surface area (Å²) in [4.78, 5) is 0. The molecule has 104 valence electrons. The van der Waals surface area contributed by atoms with E-state index in [1.807, 2.05) is 36.4 Å². The van der Waals surface area contributed by atoms with Gasteiger partial charge in [-0.25, -0.2) is 0 Å². The lowest BCUT2D eigenvalue weighted by atomic mass is 9.95. The molecule has 2 atom stereocenters. The van der Waals surface area contributed by atoms with Crippen LogP contribution in [0.15, 0.2) is 54.6 Å². The fourth-order valence-electron chi connectivity index (χ4n) is 2.83. The van der Waals surface area contributed by atoms with Gasteiger partial charge >= 0.3 is 0 Å². The predicted molar refractivity (Wildman–Crippen MR) is 80.8 cm³/mol. The van der Waals surface area contributed by atoms with Crippen LogP contribution in [0.4, 0.5) is 0 Å². The van der Waals surface area contributed by atoms with E-state index in [2.05, 4.69) is 18.2 Å². The second-order valence-corrected chi connectivity index (χ2v) is 5.42. The van der Waals surface area contributed by atoms with Gasteiger partial charge in [-0.1, -0.05) is 48.5 Å². The lowest BCUT2D eigenvalue weighted by molar-refractivity contribution is 0.0539. The summed E-state index contributed by atoms with van der Waals surface area (Å²) in [6.07, 6.45) is 3.63. The Labute approximate surface area is 120 Å². The van der Waals surface area contributed by atoms with Crippen molar-refractivity contribution < 1.29 is 9.84 Å². The highest BCUT2D eigenvalue weighted by Gasteiger charge is 2.22. The Hall–Kier alpha value is -1.80. The third kappa shape index (κ3) is 3.02. The maximum atomic E-state index is 9.76. The number of aliphatic hydroxyl groups excluding tert-OH is 1. The van der Waals surface area contributed by atoms with Gasteiger partial charge in [0.25, 0.3) is 0 Å². The minimum absolute atomic E-state index is 0.128. The molecular weight excluding hydrogens is 248 g/mol. The molecule has 1 saturated carbocycles. The normalized spacial score (nSPS) is 22.4. The van der Waals surface area contributed by atoms with E-state index in [0.717, 1.165) is 37.0 Å². The first-order valence-corrected chi connectivity index (χ1v) is 7.32. The Bertz CT molecular complexity index is 550. The van der Waals surface area contributed by atoms with Crippen molar-refractivity contribution in [1.29, 1.82) is 0 Å². The Morgan fingerprint density at radius 2 is 1.65 bits per heavy atom. The van der Waals surface area contributed by atoms with Gasteiger partial charge in [0.2, 0.25) is 0 Å². The Kier molecular flexibility index (Phi) is 4.03. The largest absolute Gasteiger partial charge is 0.490 e. The van der Waals surface area contributed by atoms with Crippen molar-refractivity contribution in [3.8, 4) is 16.9 Å². The van der Waals surface area contributed by atoms with Crippen LogP contribution in [0.1, 0.15) is 25.7 Å². The summed E-state index contributed by atoms with van der Waals surface area (Å²) in [5, 5.41) is 9.76. The van der Waals surface area contributed by atoms with Gasteiger partial charge in [0.05, 0.1) is 6.10 Å². The molecule has 0 heterocycles. The molecule has 1 N–H and O–H groups in total. The molecule has 0 aliphatic heterocycles. The second-order valence-electron chi connectivity index (χ2n) is 5.42. The molecule has 20 heavy (non-hydrogen) atoms. The molecule has 0 amide bonds. The molecule has 0 aromatic heterocycles. The summed E-state index contributed by atoms with van der Waals surface area (Å²) in [5.74, 6) is 0.915. The smallest absolute Gasteiger partial charge is 0.127 e. The molecule has 1 fully saturated rings. The number of hydrogen-bond acceptors (Lipinski definition) is 2. The highest BCUT2D eigenvalue weighted by molar-refractivity contribution is 5.70. The van der Waals surface area contributed by atoms with Gasteiger partial charge in [-0.15, -0.1) is 0 Å². The molecule has 0 bridgehead atoms. The Balaban J connectivity index is 1.83. The number of para-hydroxylation sites is 1. The standard InChI is InChI=1S/C18H20O2/c19-15-9-6-10-16(13-15)20-18-12-5-4-11-17(18)14-7-2-1-3-8-14/h1-5,7-8,11-12,15-16,19H,6,9-10,13H2. The first kappa shape index (κ1) is 13.2. The summed E-state index contributed by atoms with van der Waals surface area (Å²) >= 11 is 0. The van der Waals surface area contributed by atoms with Crippen molar-refractivity contribution in [1.82, 2.24) is 0 Å². The summed E-state index contributed by atoms with van der Waals surface area (Å²) in [6, 6.07) is 18.4. The highest BCUT2D eigenvalue weighted by atomic mass is 16.5. The topological polar surface area (TPSA) is 29.5 Å². The second kappa shape index (κ2) is 6.10. The van der Waals surface area contributed by atoms with E-state index in [-0.39, 0.29) is 12.2 Å². The van der Waals surface area contributed by atoms with Crippen molar-refractivity contribution in [3.05, 3.63) is 54.6 Å². The van der Waals surface area contributed by atoms with Crippen LogP contribution in [0.3, 0.4) is 0 Å². The molecule has 2 unspecified atom stereocenters. The molecule has 0 radical (unpaired) electrons. The van der Waals surface area contributed by atoms with E-state index in [9.17, 15) is 5.11 Å². The minimum Gasteiger partial charge on any atom is -0.490 e. The van der Waals surface area contributed by atoms with Crippen LogP contribution in [-0.4, -0.2) is 17.3 Å². The predicted octanol–water partition coefficient (Wildman–Crippen LogP) is 4.04. The van der Waals surface area contributed by atoms with Crippen molar-refractivity contribution in [2.45, 2.75) is 37.9 Å². The number of benzene rings is 2. The monoisotopic (exact) mass is 268 g/mol. The first-order chi connectivity index (χ1) is 9.83. The maximum Gasteiger partial charge on any atom is 0.127 e. The van der Waals surface area contributed by atoms with Gasteiger partial charge in [0.15, 0.2) is 0 Å². The molecule has 2 heteroatoms. The van der Waals surface area contributed by atoms with Crippen molar-refractivity contribution >= 4 is 0 Å². The zero-order chi connectivity index (χ0) is 13.8. The van der Waals surface area contributed by atoms with E-state index in [0.29, 0.717) is 0 Å². The maximum absolute atomic E-state index is 9.76. The van der Waals surface area contributed by atoms with E-state index in [4.69, 9.17) is 4.74 Å². The van der Waals surface area contributed by atoms with Gasteiger partial charge in [-0.2, -0.15) is 0 Å². The van der Waals surface area contributed by atoms with Crippen molar-refractivity contribution in [3.63, 3.8) is 0 Å². The van der Waals surface area contributed by atoms with Crippen LogP contribution in [0.2, 0.25) is 0 Å². The van der Waals surface area contributed by atoms with E-state index in [1.165, 1.54) is 5.56 Å². The van der Waals surface area contributed by atoms with Gasteiger partial charge < -0.3 is 9.84 Å². The van der Waals surface area contributed by atoms with Crippen LogP contribution < -0.4 is 4.74 Å². The average Bonchev–Trinajstić information content (AvgIpc) is 2.49. The third-order valence-electron chi connectivity index (χ3n) is 3.86. The first-order valence-electron chi connectivity index (χ1n) is 7.32. The highest BCUT2D eigenvalue weighted by Crippen LogP contribution is 2.32. The molecule has 3 rings (SSSR count). The molecule has 1 aliphatic rings. The van der Waals surface area contributed by atoms with E-state index < -0.39 is 0 Å². The number of ether oxygens (including phenoxy) is 1. The molecule has 2 aromatic carbocycles. The van der Waals surface area contributed by atoms with Gasteiger partial charge in [-0.05, 0) is 30.9 Å². The Morgan fingerprint density at radius 3 is 2.45 bits per heavy atom. The van der Waals surface area contributed by atoms with Crippen LogP contribution in [0, 0.1) is 0 Å². The minimum atomic E-state index is -0.211. The van der Waals surface area contributed by atoms with Crippen LogP contribution >= 0.6 is 0 Å². The average molecular weight is 268 g/mol. The fourth-order valence-corrected chi connectivity index (χ4v) is 2.83. The number of rotatable bonds is 3. The lowest BCUT2D eigenvalue weighted by Gasteiger charge is -2.27. The van der Waals surface area contributed by atoms with E-state index in [1.54, 1.807) is 0 Å². The number of hydrogen-bond donors (Lipinski definition) is 1. The van der Waals surface area contributed by atoms with Crippen molar-refractivity contribution in [2.75, 3.05) is 0 Å². The molecule has 2 aromatic rings. The fraction of sp³-hybridized carbons (Fsp3) is 0.333. The lowest BCUT2D eigenvalue weighted by Crippen LogP contribution is -2.28. The quantitative estimate of drug-likeness (QED) is 0.910. The third-order valence-corrected chi connectivity index (χ3v) is 3.86. The summed E-state index contributed by atoms with van der Waals surface area (Å²) in [7, 11) is 0. The van der Waals surface area contributed by atoms with Crippen LogP contribution in [-0.2, 0) is 0 Å². The van der Waals surface area contributed by atoms with Gasteiger partial charge in [-0.3, -0.25) is 0 Å². The Morgan fingerprint density at radius 1 is 0.900 bits per heavy atom. The molecule has 1 aliphatic carbocycles. The van der Waals surface area contributed by atoms with Crippen LogP contribution in [0.25, 0.3) is 11.1 Å². The summed E-state index contributed by atoms with van der Waals surface area (Å²) < 4.78 is 6.15. The molecular formula is C18H20O2. The molecule has 2 nitrogen and oxygen atoms in total. The van der Waals surface area contributed by atoms with Gasteiger partial charge in [0, 0.05) is 12.0 Å². The molecule has 0 saturated heterocycles. The van der Waals surface area contributed by atoms with E-state index >= 15 is 0 Å².